The molecule has 2 nitrogen and oxygen atoms in total. The van der Waals surface area contributed by atoms with E-state index in [1.165, 1.54) is 18.4 Å². The number of Topliss-reactive ketones (excluding diaryl/α,β-unsaturated/α-hetero) is 1. The van der Waals surface area contributed by atoms with Crippen LogP contribution < -0.4 is 5.32 Å². The van der Waals surface area contributed by atoms with Crippen molar-refractivity contribution in [1.29, 1.82) is 0 Å². The van der Waals surface area contributed by atoms with Crippen molar-refractivity contribution in [2.24, 2.45) is 0 Å². The van der Waals surface area contributed by atoms with Gasteiger partial charge >= 0.3 is 0 Å². The van der Waals surface area contributed by atoms with Crippen molar-refractivity contribution in [3.05, 3.63) is 34.3 Å². The van der Waals surface area contributed by atoms with E-state index in [0.717, 1.165) is 12.1 Å². The summed E-state index contributed by atoms with van der Waals surface area (Å²) >= 11 is 5.94. The molecule has 0 bridgehead atoms. The maximum Gasteiger partial charge on any atom is 0.176 e. The summed E-state index contributed by atoms with van der Waals surface area (Å²) in [7, 11) is 0. The van der Waals surface area contributed by atoms with E-state index >= 15 is 0 Å². The summed E-state index contributed by atoms with van der Waals surface area (Å²) in [5.41, 5.74) is 2.25. The van der Waals surface area contributed by atoms with Gasteiger partial charge in [-0.3, -0.25) is 4.79 Å². The van der Waals surface area contributed by atoms with Gasteiger partial charge in [-0.25, -0.2) is 0 Å². The quantitative estimate of drug-likeness (QED) is 0.728. The van der Waals surface area contributed by atoms with Gasteiger partial charge in [0.25, 0.3) is 0 Å². The number of nitrogens with one attached hydrogen (secondary N) is 1. The van der Waals surface area contributed by atoms with Crippen molar-refractivity contribution in [2.45, 2.75) is 18.3 Å². The molecule has 0 amide bonds. The summed E-state index contributed by atoms with van der Waals surface area (Å²) in [4.78, 5) is 11.9. The van der Waals surface area contributed by atoms with Crippen LogP contribution in [0.3, 0.4) is 0 Å². The molecular formula is C12H12ClNO. The second-order valence-electron chi connectivity index (χ2n) is 4.50. The number of hydrogen-bond donors (Lipinski definition) is 1. The van der Waals surface area contributed by atoms with E-state index in [-0.39, 0.29) is 11.2 Å². The Morgan fingerprint density at radius 3 is 2.87 bits per heavy atom. The van der Waals surface area contributed by atoms with Crippen LogP contribution in [0, 0.1) is 0 Å². The zero-order valence-corrected chi connectivity index (χ0v) is 9.10. The minimum absolute atomic E-state index is 0.163. The Balaban J connectivity index is 2.19. The molecule has 2 aliphatic rings. The van der Waals surface area contributed by atoms with E-state index < -0.39 is 0 Å². The van der Waals surface area contributed by atoms with Crippen molar-refractivity contribution >= 4 is 17.4 Å². The Morgan fingerprint density at radius 1 is 1.33 bits per heavy atom. The molecule has 3 heteroatoms. The van der Waals surface area contributed by atoms with Crippen molar-refractivity contribution in [1.82, 2.24) is 5.32 Å². The van der Waals surface area contributed by atoms with Gasteiger partial charge in [0.15, 0.2) is 5.78 Å². The first-order valence-corrected chi connectivity index (χ1v) is 5.63. The molecule has 1 aliphatic carbocycles. The molecule has 1 N–H and O–H groups in total. The van der Waals surface area contributed by atoms with Crippen molar-refractivity contribution in [3.63, 3.8) is 0 Å². The fraction of sp³-hybridized carbons (Fsp3) is 0.417. The van der Waals surface area contributed by atoms with Crippen LogP contribution in [0.15, 0.2) is 18.2 Å². The third kappa shape index (κ3) is 1.40. The van der Waals surface area contributed by atoms with Crippen LogP contribution in [0.2, 0.25) is 5.02 Å². The highest BCUT2D eigenvalue weighted by atomic mass is 35.5. The standard InChI is InChI=1S/C12H12ClNO/c13-8-1-2-10-9(5-8)11(15)6-14-7-12(10)3-4-12/h1-2,5,14H,3-4,6-7H2. The normalized spacial score (nSPS) is 22.3. The zero-order valence-electron chi connectivity index (χ0n) is 8.35. The molecule has 3 rings (SSSR count). The number of benzene rings is 1. The molecule has 0 radical (unpaired) electrons. The first kappa shape index (κ1) is 9.37. The molecular weight excluding hydrogens is 210 g/mol. The second kappa shape index (κ2) is 3.06. The minimum atomic E-state index is 0.163. The summed E-state index contributed by atoms with van der Waals surface area (Å²) in [5, 5.41) is 3.88. The topological polar surface area (TPSA) is 29.1 Å². The minimum Gasteiger partial charge on any atom is -0.309 e. The highest BCUT2D eigenvalue weighted by Crippen LogP contribution is 2.49. The van der Waals surface area contributed by atoms with Gasteiger partial charge in [0.2, 0.25) is 0 Å². The fourth-order valence-corrected chi connectivity index (χ4v) is 2.58. The lowest BCUT2D eigenvalue weighted by Crippen LogP contribution is -2.26. The van der Waals surface area contributed by atoms with Crippen LogP contribution >= 0.6 is 11.6 Å². The average Bonchev–Trinajstić information content (AvgIpc) is 2.99. The predicted octanol–water partition coefficient (Wildman–Crippen LogP) is 2.16. The van der Waals surface area contributed by atoms with Crippen LogP contribution in [-0.2, 0) is 5.41 Å². The van der Waals surface area contributed by atoms with Crippen molar-refractivity contribution in [2.75, 3.05) is 13.1 Å². The maximum atomic E-state index is 11.9. The third-order valence-electron chi connectivity index (χ3n) is 3.46. The van der Waals surface area contributed by atoms with E-state index in [1.807, 2.05) is 18.2 Å². The molecule has 1 fully saturated rings. The smallest absolute Gasteiger partial charge is 0.176 e. The van der Waals surface area contributed by atoms with Gasteiger partial charge in [-0.2, -0.15) is 0 Å². The zero-order chi connectivity index (χ0) is 10.5. The van der Waals surface area contributed by atoms with Gasteiger partial charge in [-0.05, 0) is 30.5 Å². The molecule has 78 valence electrons. The molecule has 0 atom stereocenters. The third-order valence-corrected chi connectivity index (χ3v) is 3.69. The highest BCUT2D eigenvalue weighted by Gasteiger charge is 2.47. The number of hydrogen-bond acceptors (Lipinski definition) is 2. The average molecular weight is 222 g/mol. The Hall–Kier alpha value is -0.860. The Morgan fingerprint density at radius 2 is 2.13 bits per heavy atom. The lowest BCUT2D eigenvalue weighted by Gasteiger charge is -2.14. The highest BCUT2D eigenvalue weighted by molar-refractivity contribution is 6.31. The summed E-state index contributed by atoms with van der Waals surface area (Å²) < 4.78 is 0. The van der Waals surface area contributed by atoms with Crippen LogP contribution in [0.25, 0.3) is 0 Å². The summed E-state index contributed by atoms with van der Waals surface area (Å²) in [5.74, 6) is 0.163. The molecule has 1 aromatic rings. The second-order valence-corrected chi connectivity index (χ2v) is 4.93. The van der Waals surface area contributed by atoms with Crippen molar-refractivity contribution < 1.29 is 4.79 Å². The molecule has 1 aliphatic heterocycles. The molecule has 1 aromatic carbocycles. The van der Waals surface area contributed by atoms with Crippen LogP contribution in [0.1, 0.15) is 28.8 Å². The largest absolute Gasteiger partial charge is 0.309 e. The van der Waals surface area contributed by atoms with Gasteiger partial charge in [-0.15, -0.1) is 0 Å². The maximum absolute atomic E-state index is 11.9. The molecule has 1 spiro atoms. The van der Waals surface area contributed by atoms with E-state index in [0.29, 0.717) is 11.6 Å². The summed E-state index contributed by atoms with van der Waals surface area (Å²) in [6.45, 7) is 1.36. The first-order valence-electron chi connectivity index (χ1n) is 5.25. The molecule has 1 saturated carbocycles. The van der Waals surface area contributed by atoms with E-state index in [4.69, 9.17) is 11.6 Å². The van der Waals surface area contributed by atoms with E-state index in [9.17, 15) is 4.79 Å². The number of carbonyl (C=O) groups is 1. The number of halogens is 1. The summed E-state index contributed by atoms with van der Waals surface area (Å²) in [6.07, 6.45) is 2.36. The van der Waals surface area contributed by atoms with Gasteiger partial charge in [0.1, 0.15) is 0 Å². The van der Waals surface area contributed by atoms with Gasteiger partial charge in [-0.1, -0.05) is 17.7 Å². The van der Waals surface area contributed by atoms with Gasteiger partial charge in [0.05, 0.1) is 6.54 Å². The number of ketones is 1. The SMILES string of the molecule is O=C1CNCC2(CC2)c2ccc(Cl)cc21. The number of rotatable bonds is 0. The van der Waals surface area contributed by atoms with E-state index in [1.54, 1.807) is 0 Å². The van der Waals surface area contributed by atoms with Crippen LogP contribution in [0.4, 0.5) is 0 Å². The monoisotopic (exact) mass is 221 g/mol. The Labute approximate surface area is 93.6 Å². The van der Waals surface area contributed by atoms with Gasteiger partial charge < -0.3 is 5.32 Å². The van der Waals surface area contributed by atoms with E-state index in [2.05, 4.69) is 5.32 Å². The number of carbonyl (C=O) groups excluding carboxylic acids is 1. The Kier molecular flexibility index (Phi) is 1.91. The molecule has 1 heterocycles. The van der Waals surface area contributed by atoms with Crippen LogP contribution in [-0.4, -0.2) is 18.9 Å². The number of fused-ring (bicyclic) bond motifs is 2. The summed E-state index contributed by atoms with van der Waals surface area (Å²) in [6, 6.07) is 5.72. The molecule has 0 aromatic heterocycles. The molecule has 15 heavy (non-hydrogen) atoms. The fourth-order valence-electron chi connectivity index (χ4n) is 2.41. The van der Waals surface area contributed by atoms with Crippen molar-refractivity contribution in [3.8, 4) is 0 Å². The first-order chi connectivity index (χ1) is 7.21. The van der Waals surface area contributed by atoms with Crippen LogP contribution in [0.5, 0.6) is 0 Å². The van der Waals surface area contributed by atoms with Gasteiger partial charge in [0, 0.05) is 22.5 Å². The predicted molar refractivity (Wildman–Crippen MR) is 59.6 cm³/mol. The molecule has 0 saturated heterocycles. The lowest BCUT2D eigenvalue weighted by atomic mass is 9.91. The lowest BCUT2D eigenvalue weighted by molar-refractivity contribution is 0.0994. The Bertz CT molecular complexity index is 437. The molecule has 0 unspecified atom stereocenters.